The molecule has 5 heteroatoms. The summed E-state index contributed by atoms with van der Waals surface area (Å²) in [5.41, 5.74) is 1.06. The van der Waals surface area contributed by atoms with Gasteiger partial charge in [-0.05, 0) is 47.1 Å². The van der Waals surface area contributed by atoms with E-state index in [9.17, 15) is 0 Å². The Morgan fingerprint density at radius 3 is 2.53 bits per heavy atom. The Morgan fingerprint density at radius 1 is 1.27 bits per heavy atom. The summed E-state index contributed by atoms with van der Waals surface area (Å²) in [5.74, 6) is 0.879. The number of rotatable bonds is 3. The smallest absolute Gasteiger partial charge is 0.183 e. The molecule has 0 aliphatic rings. The summed E-state index contributed by atoms with van der Waals surface area (Å²) in [5, 5.41) is 8.86. The molecule has 2 aromatic rings. The molecule has 15 heavy (non-hydrogen) atoms. The standard InChI is InChI=1S/C10H9BrN2OS/c1-2-14-8-5-3-7(4-6-8)9-12-13-10(11)15-9/h3-6H,2H2,1H3. The van der Waals surface area contributed by atoms with Gasteiger partial charge in [0.1, 0.15) is 10.8 Å². The molecule has 0 aliphatic carbocycles. The van der Waals surface area contributed by atoms with Crippen LogP contribution in [0, 0.1) is 0 Å². The van der Waals surface area contributed by atoms with Gasteiger partial charge < -0.3 is 4.74 Å². The van der Waals surface area contributed by atoms with Crippen LogP contribution < -0.4 is 4.74 Å². The van der Waals surface area contributed by atoms with Crippen molar-refractivity contribution in [2.45, 2.75) is 6.92 Å². The minimum absolute atomic E-state index is 0.684. The van der Waals surface area contributed by atoms with E-state index in [-0.39, 0.29) is 0 Å². The molecule has 3 nitrogen and oxygen atoms in total. The Labute approximate surface area is 100 Å². The number of benzene rings is 1. The average Bonchev–Trinajstić information content (AvgIpc) is 2.67. The summed E-state index contributed by atoms with van der Waals surface area (Å²) in [6.07, 6.45) is 0. The first kappa shape index (κ1) is 10.6. The van der Waals surface area contributed by atoms with Gasteiger partial charge in [-0.1, -0.05) is 11.3 Å². The van der Waals surface area contributed by atoms with Crippen molar-refractivity contribution < 1.29 is 4.74 Å². The van der Waals surface area contributed by atoms with E-state index in [0.29, 0.717) is 6.61 Å². The molecule has 0 amide bonds. The van der Waals surface area contributed by atoms with Crippen molar-refractivity contribution in [1.29, 1.82) is 0 Å². The highest BCUT2D eigenvalue weighted by Gasteiger charge is 2.04. The first-order valence-electron chi connectivity index (χ1n) is 4.52. The highest BCUT2D eigenvalue weighted by atomic mass is 79.9. The van der Waals surface area contributed by atoms with Gasteiger partial charge in [-0.3, -0.25) is 0 Å². The van der Waals surface area contributed by atoms with E-state index < -0.39 is 0 Å². The zero-order valence-electron chi connectivity index (χ0n) is 8.11. The number of ether oxygens (including phenoxy) is 1. The fourth-order valence-corrected chi connectivity index (χ4v) is 2.30. The van der Waals surface area contributed by atoms with E-state index in [2.05, 4.69) is 26.1 Å². The van der Waals surface area contributed by atoms with Crippen LogP contribution in [0.3, 0.4) is 0 Å². The maximum Gasteiger partial charge on any atom is 0.183 e. The molecule has 0 unspecified atom stereocenters. The molecular formula is C10H9BrN2OS. The molecule has 1 aromatic carbocycles. The van der Waals surface area contributed by atoms with Crippen LogP contribution in [0.2, 0.25) is 0 Å². The molecule has 1 aromatic heterocycles. The lowest BCUT2D eigenvalue weighted by Gasteiger charge is -2.02. The van der Waals surface area contributed by atoms with E-state index in [1.165, 1.54) is 11.3 Å². The second-order valence-corrected chi connectivity index (χ2v) is 5.07. The van der Waals surface area contributed by atoms with Crippen LogP contribution in [0.1, 0.15) is 6.92 Å². The molecule has 0 aliphatic heterocycles. The van der Waals surface area contributed by atoms with Gasteiger partial charge in [-0.25, -0.2) is 0 Å². The van der Waals surface area contributed by atoms with Crippen LogP contribution in [-0.2, 0) is 0 Å². The minimum Gasteiger partial charge on any atom is -0.494 e. The third kappa shape index (κ3) is 2.54. The molecule has 0 bridgehead atoms. The van der Waals surface area contributed by atoms with Crippen molar-refractivity contribution in [2.24, 2.45) is 0 Å². The number of hydrogen-bond donors (Lipinski definition) is 0. The Hall–Kier alpha value is -0.940. The number of hydrogen-bond acceptors (Lipinski definition) is 4. The van der Waals surface area contributed by atoms with Crippen molar-refractivity contribution in [3.63, 3.8) is 0 Å². The van der Waals surface area contributed by atoms with Crippen LogP contribution in [-0.4, -0.2) is 16.8 Å². The second-order valence-electron chi connectivity index (χ2n) is 2.82. The molecule has 0 atom stereocenters. The summed E-state index contributed by atoms with van der Waals surface area (Å²) in [4.78, 5) is 0. The maximum atomic E-state index is 5.36. The third-order valence-corrected chi connectivity index (χ3v) is 3.22. The highest BCUT2D eigenvalue weighted by molar-refractivity contribution is 9.11. The second kappa shape index (κ2) is 4.72. The average molecular weight is 285 g/mol. The van der Waals surface area contributed by atoms with Crippen LogP contribution in [0.5, 0.6) is 5.75 Å². The van der Waals surface area contributed by atoms with E-state index in [4.69, 9.17) is 4.74 Å². The van der Waals surface area contributed by atoms with Crippen LogP contribution >= 0.6 is 27.3 Å². The lowest BCUT2D eigenvalue weighted by atomic mass is 10.2. The van der Waals surface area contributed by atoms with Gasteiger partial charge in [0.25, 0.3) is 0 Å². The predicted octanol–water partition coefficient (Wildman–Crippen LogP) is 3.37. The van der Waals surface area contributed by atoms with Crippen LogP contribution in [0.25, 0.3) is 10.6 Å². The minimum atomic E-state index is 0.684. The number of halogens is 1. The van der Waals surface area contributed by atoms with Gasteiger partial charge in [0.2, 0.25) is 0 Å². The third-order valence-electron chi connectivity index (χ3n) is 1.81. The lowest BCUT2D eigenvalue weighted by molar-refractivity contribution is 0.340. The Morgan fingerprint density at radius 2 is 2.00 bits per heavy atom. The van der Waals surface area contributed by atoms with Crippen molar-refractivity contribution in [1.82, 2.24) is 10.2 Å². The van der Waals surface area contributed by atoms with Gasteiger partial charge in [-0.2, -0.15) is 0 Å². The Balaban J connectivity index is 2.23. The monoisotopic (exact) mass is 284 g/mol. The number of nitrogens with zero attached hydrogens (tertiary/aromatic N) is 2. The first-order chi connectivity index (χ1) is 7.29. The molecule has 1 heterocycles. The largest absolute Gasteiger partial charge is 0.494 e. The summed E-state index contributed by atoms with van der Waals surface area (Å²) in [6.45, 7) is 2.65. The normalized spacial score (nSPS) is 10.3. The van der Waals surface area contributed by atoms with Gasteiger partial charge in [0.15, 0.2) is 3.92 Å². The molecule has 0 saturated carbocycles. The van der Waals surface area contributed by atoms with Crippen LogP contribution in [0.4, 0.5) is 0 Å². The topological polar surface area (TPSA) is 35.0 Å². The molecule has 0 saturated heterocycles. The zero-order valence-corrected chi connectivity index (χ0v) is 10.5. The highest BCUT2D eigenvalue weighted by Crippen LogP contribution is 2.27. The first-order valence-corrected chi connectivity index (χ1v) is 6.13. The van der Waals surface area contributed by atoms with Crippen molar-refractivity contribution in [3.8, 4) is 16.3 Å². The van der Waals surface area contributed by atoms with E-state index >= 15 is 0 Å². The fourth-order valence-electron chi connectivity index (χ4n) is 1.18. The zero-order chi connectivity index (χ0) is 10.7. The summed E-state index contributed by atoms with van der Waals surface area (Å²) >= 11 is 4.80. The molecule has 0 fully saturated rings. The van der Waals surface area contributed by atoms with Crippen LogP contribution in [0.15, 0.2) is 28.2 Å². The van der Waals surface area contributed by atoms with Gasteiger partial charge >= 0.3 is 0 Å². The van der Waals surface area contributed by atoms with E-state index in [0.717, 1.165) is 20.2 Å². The molecular weight excluding hydrogens is 276 g/mol. The summed E-state index contributed by atoms with van der Waals surface area (Å²) in [6, 6.07) is 7.85. The summed E-state index contributed by atoms with van der Waals surface area (Å²) < 4.78 is 6.16. The number of aromatic nitrogens is 2. The Kier molecular flexibility index (Phi) is 3.33. The van der Waals surface area contributed by atoms with Gasteiger partial charge in [0.05, 0.1) is 6.61 Å². The quantitative estimate of drug-likeness (QED) is 0.867. The fraction of sp³-hybridized carbons (Fsp3) is 0.200. The lowest BCUT2D eigenvalue weighted by Crippen LogP contribution is -1.90. The molecule has 0 spiro atoms. The molecule has 78 valence electrons. The Bertz CT molecular complexity index is 441. The molecule has 0 N–H and O–H groups in total. The van der Waals surface area contributed by atoms with Crippen molar-refractivity contribution in [3.05, 3.63) is 28.2 Å². The molecule has 2 rings (SSSR count). The maximum absolute atomic E-state index is 5.36. The van der Waals surface area contributed by atoms with E-state index in [1.807, 2.05) is 31.2 Å². The SMILES string of the molecule is CCOc1ccc(-c2nnc(Br)s2)cc1. The van der Waals surface area contributed by atoms with E-state index in [1.54, 1.807) is 0 Å². The van der Waals surface area contributed by atoms with Gasteiger partial charge in [-0.15, -0.1) is 10.2 Å². The van der Waals surface area contributed by atoms with Crippen molar-refractivity contribution in [2.75, 3.05) is 6.61 Å². The van der Waals surface area contributed by atoms with Gasteiger partial charge in [0, 0.05) is 5.56 Å². The summed E-state index contributed by atoms with van der Waals surface area (Å²) in [7, 11) is 0. The molecule has 0 radical (unpaired) electrons. The van der Waals surface area contributed by atoms with Crippen molar-refractivity contribution >= 4 is 27.3 Å². The predicted molar refractivity (Wildman–Crippen MR) is 64.2 cm³/mol.